The molecular weight excluding hydrogens is 755 g/mol. The van der Waals surface area contributed by atoms with Crippen LogP contribution in [0.3, 0.4) is 0 Å². The number of aromatic nitrogens is 2. The molecule has 0 saturated heterocycles. The molecule has 12 aromatic rings. The van der Waals surface area contributed by atoms with E-state index in [-0.39, 0.29) is 6.17 Å². The monoisotopic (exact) mass is 791 g/mol. The van der Waals surface area contributed by atoms with Crippen molar-refractivity contribution in [3.63, 3.8) is 0 Å². The van der Waals surface area contributed by atoms with E-state index in [0.717, 1.165) is 55.7 Å². The molecular formula is C57H37N5. The SMILES string of the molecule is c1ccc(C2=NC(c3ccc4ccccc4c3)NC(c3ccc(-n4c5ccccc5c5cc6c7ccc8ccccc8c7n(-c7ccccc7)c6cc54)c4ccccc34)=N2)cc1. The van der Waals surface area contributed by atoms with Crippen molar-refractivity contribution >= 4 is 87.6 Å². The predicted octanol–water partition coefficient (Wildman–Crippen LogP) is 13.8. The van der Waals surface area contributed by atoms with Gasteiger partial charge in [-0.15, -0.1) is 0 Å². The van der Waals surface area contributed by atoms with Crippen LogP contribution in [0.5, 0.6) is 0 Å². The zero-order valence-electron chi connectivity index (χ0n) is 33.6. The predicted molar refractivity (Wildman–Crippen MR) is 259 cm³/mol. The summed E-state index contributed by atoms with van der Waals surface area (Å²) in [6.45, 7) is 0. The fraction of sp³-hybridized carbons (Fsp3) is 0.0175. The summed E-state index contributed by atoms with van der Waals surface area (Å²) in [5, 5.41) is 15.8. The van der Waals surface area contributed by atoms with Crippen molar-refractivity contribution in [1.29, 1.82) is 0 Å². The fourth-order valence-electron chi connectivity index (χ4n) is 9.88. The van der Waals surface area contributed by atoms with Crippen molar-refractivity contribution in [3.05, 3.63) is 229 Å². The average molecular weight is 792 g/mol. The van der Waals surface area contributed by atoms with Crippen LogP contribution in [-0.4, -0.2) is 20.8 Å². The summed E-state index contributed by atoms with van der Waals surface area (Å²) in [5.74, 6) is 1.50. The number of rotatable bonds is 5. The number of fused-ring (bicyclic) bond motifs is 10. The second kappa shape index (κ2) is 13.6. The molecule has 0 fully saturated rings. The second-order valence-electron chi connectivity index (χ2n) is 16.2. The topological polar surface area (TPSA) is 46.6 Å². The molecule has 1 aliphatic rings. The van der Waals surface area contributed by atoms with Gasteiger partial charge in [-0.25, -0.2) is 9.98 Å². The minimum Gasteiger partial charge on any atom is -0.344 e. The highest BCUT2D eigenvalue weighted by Gasteiger charge is 2.25. The number of hydrogen-bond donors (Lipinski definition) is 1. The van der Waals surface area contributed by atoms with Crippen LogP contribution in [0.25, 0.3) is 87.3 Å². The molecule has 3 heterocycles. The summed E-state index contributed by atoms with van der Waals surface area (Å²) in [4.78, 5) is 10.5. The van der Waals surface area contributed by atoms with E-state index in [0.29, 0.717) is 5.84 Å². The molecule has 0 aliphatic carbocycles. The Balaban J connectivity index is 1.04. The second-order valence-corrected chi connectivity index (χ2v) is 16.2. The van der Waals surface area contributed by atoms with E-state index in [1.54, 1.807) is 0 Å². The summed E-state index contributed by atoms with van der Waals surface area (Å²) in [5.41, 5.74) is 10.1. The number of para-hydroxylation sites is 2. The van der Waals surface area contributed by atoms with E-state index in [9.17, 15) is 0 Å². The van der Waals surface area contributed by atoms with Gasteiger partial charge in [-0.2, -0.15) is 0 Å². The first-order valence-electron chi connectivity index (χ1n) is 21.2. The van der Waals surface area contributed by atoms with Gasteiger partial charge in [0.1, 0.15) is 12.0 Å². The quantitative estimate of drug-likeness (QED) is 0.185. The molecule has 5 nitrogen and oxygen atoms in total. The van der Waals surface area contributed by atoms with Crippen molar-refractivity contribution in [2.24, 2.45) is 9.98 Å². The molecule has 1 unspecified atom stereocenters. The van der Waals surface area contributed by atoms with Gasteiger partial charge >= 0.3 is 0 Å². The number of benzene rings is 10. The van der Waals surface area contributed by atoms with Crippen molar-refractivity contribution < 1.29 is 0 Å². The van der Waals surface area contributed by atoms with Gasteiger partial charge in [0, 0.05) is 49.1 Å². The number of nitrogens with one attached hydrogen (secondary N) is 1. The summed E-state index contributed by atoms with van der Waals surface area (Å²) < 4.78 is 4.92. The van der Waals surface area contributed by atoms with Crippen LogP contribution in [0.2, 0.25) is 0 Å². The molecule has 62 heavy (non-hydrogen) atoms. The lowest BCUT2D eigenvalue weighted by Gasteiger charge is -2.25. The summed E-state index contributed by atoms with van der Waals surface area (Å²) in [7, 11) is 0. The molecule has 0 spiro atoms. The number of nitrogens with zero attached hydrogens (tertiary/aromatic N) is 4. The van der Waals surface area contributed by atoms with E-state index in [2.05, 4.69) is 209 Å². The number of aliphatic imine (C=N–C) groups is 2. The Morgan fingerprint density at radius 1 is 0.403 bits per heavy atom. The van der Waals surface area contributed by atoms with E-state index < -0.39 is 0 Å². The molecule has 0 amide bonds. The number of hydrogen-bond acceptors (Lipinski definition) is 3. The van der Waals surface area contributed by atoms with Crippen LogP contribution in [0, 0.1) is 0 Å². The lowest BCUT2D eigenvalue weighted by Crippen LogP contribution is -2.33. The molecule has 10 aromatic carbocycles. The van der Waals surface area contributed by atoms with E-state index >= 15 is 0 Å². The van der Waals surface area contributed by atoms with E-state index in [1.807, 2.05) is 18.2 Å². The van der Waals surface area contributed by atoms with Crippen molar-refractivity contribution in [2.45, 2.75) is 6.17 Å². The molecule has 0 radical (unpaired) electrons. The highest BCUT2D eigenvalue weighted by Crippen LogP contribution is 2.43. The zero-order chi connectivity index (χ0) is 40.7. The van der Waals surface area contributed by atoms with Gasteiger partial charge in [0.05, 0.1) is 27.8 Å². The van der Waals surface area contributed by atoms with Crippen LogP contribution < -0.4 is 5.32 Å². The zero-order valence-corrected chi connectivity index (χ0v) is 33.6. The van der Waals surface area contributed by atoms with Crippen LogP contribution in [-0.2, 0) is 0 Å². The Hall–Kier alpha value is -8.28. The summed E-state index contributed by atoms with van der Waals surface area (Å²) >= 11 is 0. The van der Waals surface area contributed by atoms with Crippen LogP contribution in [0.4, 0.5) is 0 Å². The first-order chi connectivity index (χ1) is 30.7. The lowest BCUT2D eigenvalue weighted by atomic mass is 10.00. The fourth-order valence-corrected chi connectivity index (χ4v) is 9.88. The third-order valence-corrected chi connectivity index (χ3v) is 12.7. The lowest BCUT2D eigenvalue weighted by molar-refractivity contribution is 0.675. The van der Waals surface area contributed by atoms with E-state index in [4.69, 9.17) is 9.98 Å². The molecule has 0 saturated carbocycles. The first-order valence-corrected chi connectivity index (χ1v) is 21.2. The third-order valence-electron chi connectivity index (χ3n) is 12.7. The Labute approximate surface area is 357 Å². The normalized spacial score (nSPS) is 14.3. The first kappa shape index (κ1) is 34.6. The van der Waals surface area contributed by atoms with Crippen LogP contribution in [0.1, 0.15) is 22.9 Å². The molecule has 290 valence electrons. The maximum Gasteiger partial charge on any atom is 0.159 e. The third kappa shape index (κ3) is 5.28. The van der Waals surface area contributed by atoms with E-state index in [1.165, 1.54) is 54.1 Å². The van der Waals surface area contributed by atoms with Crippen LogP contribution in [0.15, 0.2) is 222 Å². The van der Waals surface area contributed by atoms with Gasteiger partial charge in [0.2, 0.25) is 0 Å². The Kier molecular flexibility index (Phi) is 7.60. The molecule has 1 N–H and O–H groups in total. The Morgan fingerprint density at radius 3 is 1.89 bits per heavy atom. The molecule has 2 aromatic heterocycles. The highest BCUT2D eigenvalue weighted by atomic mass is 15.2. The molecule has 0 bridgehead atoms. The molecule has 1 aliphatic heterocycles. The van der Waals surface area contributed by atoms with Crippen molar-refractivity contribution in [1.82, 2.24) is 14.5 Å². The number of amidine groups is 2. The largest absolute Gasteiger partial charge is 0.344 e. The van der Waals surface area contributed by atoms with Gasteiger partial charge in [-0.3, -0.25) is 0 Å². The molecule has 1 atom stereocenters. The van der Waals surface area contributed by atoms with Gasteiger partial charge in [-0.05, 0) is 75.6 Å². The minimum atomic E-state index is -0.325. The maximum atomic E-state index is 5.26. The van der Waals surface area contributed by atoms with Gasteiger partial charge in [0.25, 0.3) is 0 Å². The average Bonchev–Trinajstić information content (AvgIpc) is 3.85. The summed E-state index contributed by atoms with van der Waals surface area (Å²) in [6, 6.07) is 76.4. The van der Waals surface area contributed by atoms with Crippen molar-refractivity contribution in [3.8, 4) is 11.4 Å². The summed E-state index contributed by atoms with van der Waals surface area (Å²) in [6.07, 6.45) is -0.325. The van der Waals surface area contributed by atoms with Crippen LogP contribution >= 0.6 is 0 Å². The smallest absolute Gasteiger partial charge is 0.159 e. The Bertz CT molecular complexity index is 3840. The Morgan fingerprint density at radius 2 is 1.05 bits per heavy atom. The molecule has 5 heteroatoms. The highest BCUT2D eigenvalue weighted by molar-refractivity contribution is 6.24. The van der Waals surface area contributed by atoms with Gasteiger partial charge < -0.3 is 14.5 Å². The van der Waals surface area contributed by atoms with Crippen molar-refractivity contribution in [2.75, 3.05) is 0 Å². The molecule has 13 rings (SSSR count). The van der Waals surface area contributed by atoms with Gasteiger partial charge in [-0.1, -0.05) is 164 Å². The maximum absolute atomic E-state index is 5.26. The minimum absolute atomic E-state index is 0.325. The standard InChI is InChI=1S/C57H37N5/c1-3-17-38(18-4-1)55-58-56(40-28-27-36-15-7-8-19-39(36)33-40)60-57(59-55)47-31-32-51(44-24-12-11-23-43(44)47)62-50-26-14-13-25-45(50)48-34-49-46-30-29-37-16-9-10-22-42(37)54(46)61(52(49)35-53(48)62)41-20-5-2-6-21-41/h1-35,56H,(H,58,59,60). The van der Waals surface area contributed by atoms with Gasteiger partial charge in [0.15, 0.2) is 5.84 Å².